The Hall–Kier alpha value is -2.75. The van der Waals surface area contributed by atoms with Gasteiger partial charge in [-0.05, 0) is 65.0 Å². The first-order valence-electron chi connectivity index (χ1n) is 12.6. The smallest absolute Gasteiger partial charge is 0.319 e. The minimum absolute atomic E-state index is 0.220. The normalized spacial score (nSPS) is 21.8. The predicted octanol–water partition coefficient (Wildman–Crippen LogP) is 3.60. The van der Waals surface area contributed by atoms with E-state index < -0.39 is 5.60 Å². The largest absolute Gasteiger partial charge is 0.377 e. The van der Waals surface area contributed by atoms with Gasteiger partial charge in [-0.25, -0.2) is 14.8 Å². The molecular weight excluding hydrogens is 444 g/mol. The summed E-state index contributed by atoms with van der Waals surface area (Å²) in [6, 6.07) is 7.66. The number of morpholine rings is 1. The van der Waals surface area contributed by atoms with E-state index in [1.165, 1.54) is 0 Å². The van der Waals surface area contributed by atoms with Gasteiger partial charge in [0.05, 0.1) is 31.6 Å². The highest BCUT2D eigenvalue weighted by molar-refractivity contribution is 5.89. The van der Waals surface area contributed by atoms with Gasteiger partial charge < -0.3 is 29.9 Å². The van der Waals surface area contributed by atoms with Gasteiger partial charge in [-0.1, -0.05) is 6.92 Å². The minimum atomic E-state index is -0.472. The highest BCUT2D eigenvalue weighted by Gasteiger charge is 2.41. The number of carbonyl (C=O) groups excluding carboxylic acids is 1. The first-order valence-corrected chi connectivity index (χ1v) is 12.6. The summed E-state index contributed by atoms with van der Waals surface area (Å²) >= 11 is 0. The number of hydrogen-bond acceptors (Lipinski definition) is 7. The fraction of sp³-hybridized carbons (Fsp3) is 0.577. The van der Waals surface area contributed by atoms with Gasteiger partial charge in [-0.2, -0.15) is 0 Å². The molecule has 2 aliphatic heterocycles. The van der Waals surface area contributed by atoms with Crippen molar-refractivity contribution in [1.29, 1.82) is 0 Å². The molecule has 1 aromatic heterocycles. The lowest BCUT2D eigenvalue weighted by Gasteiger charge is -2.35. The third-order valence-corrected chi connectivity index (χ3v) is 6.91. The molecule has 0 radical (unpaired) electrons. The second kappa shape index (κ2) is 10.9. The van der Waals surface area contributed by atoms with Crippen molar-refractivity contribution in [1.82, 2.24) is 20.2 Å². The number of anilines is 2. The average Bonchev–Trinajstić information content (AvgIpc) is 3.20. The number of nitrogens with one attached hydrogen (secondary N) is 2. The summed E-state index contributed by atoms with van der Waals surface area (Å²) in [5.41, 5.74) is 3.21. The Balaban J connectivity index is 1.70. The van der Waals surface area contributed by atoms with Gasteiger partial charge in [-0.15, -0.1) is 0 Å². The second-order valence-electron chi connectivity index (χ2n) is 9.54. The van der Waals surface area contributed by atoms with Crippen LogP contribution in [-0.4, -0.2) is 73.4 Å². The Morgan fingerprint density at radius 2 is 2.03 bits per heavy atom. The number of carbonyl (C=O) groups is 1. The molecule has 0 bridgehead atoms. The number of amides is 2. The van der Waals surface area contributed by atoms with E-state index >= 15 is 0 Å². The number of aromatic nitrogens is 2. The van der Waals surface area contributed by atoms with Crippen molar-refractivity contribution in [3.63, 3.8) is 0 Å². The lowest BCUT2D eigenvalue weighted by Crippen LogP contribution is -2.44. The highest BCUT2D eigenvalue weighted by atomic mass is 16.5. The van der Waals surface area contributed by atoms with Crippen LogP contribution in [0.2, 0.25) is 0 Å². The minimum Gasteiger partial charge on any atom is -0.377 e. The molecule has 1 aromatic carbocycles. The van der Waals surface area contributed by atoms with Crippen molar-refractivity contribution in [3.05, 3.63) is 35.5 Å². The van der Waals surface area contributed by atoms with Crippen molar-refractivity contribution in [2.75, 3.05) is 56.7 Å². The Bertz CT molecular complexity index is 1030. The molecule has 4 rings (SSSR count). The van der Waals surface area contributed by atoms with Gasteiger partial charge in [0.1, 0.15) is 11.4 Å². The third-order valence-electron chi connectivity index (χ3n) is 6.91. The quantitative estimate of drug-likeness (QED) is 0.594. The van der Waals surface area contributed by atoms with Crippen LogP contribution in [-0.2, 0) is 21.7 Å². The van der Waals surface area contributed by atoms with Crippen molar-refractivity contribution in [2.24, 2.45) is 0 Å². The molecule has 0 saturated carbocycles. The zero-order valence-electron chi connectivity index (χ0n) is 21.6. The molecule has 2 amide bonds. The van der Waals surface area contributed by atoms with Crippen LogP contribution in [0, 0.1) is 0 Å². The molecule has 1 fully saturated rings. The van der Waals surface area contributed by atoms with Crippen LogP contribution >= 0.6 is 0 Å². The molecule has 1 saturated heterocycles. The molecule has 2 atom stereocenters. The van der Waals surface area contributed by atoms with Crippen molar-refractivity contribution < 1.29 is 14.3 Å². The van der Waals surface area contributed by atoms with E-state index in [-0.39, 0.29) is 12.1 Å². The molecule has 2 aliphatic rings. The molecule has 9 nitrogen and oxygen atoms in total. The van der Waals surface area contributed by atoms with Gasteiger partial charge in [0, 0.05) is 36.4 Å². The van der Waals surface area contributed by atoms with E-state index in [4.69, 9.17) is 19.4 Å². The van der Waals surface area contributed by atoms with Crippen molar-refractivity contribution in [2.45, 2.75) is 52.4 Å². The number of fused-ring (bicyclic) bond motifs is 1. The van der Waals surface area contributed by atoms with Crippen molar-refractivity contribution >= 4 is 17.5 Å². The summed E-state index contributed by atoms with van der Waals surface area (Å²) in [4.78, 5) is 26.6. The predicted molar refractivity (Wildman–Crippen MR) is 138 cm³/mol. The molecule has 3 heterocycles. The van der Waals surface area contributed by atoms with E-state index in [1.807, 2.05) is 31.2 Å². The van der Waals surface area contributed by atoms with Gasteiger partial charge >= 0.3 is 6.03 Å². The van der Waals surface area contributed by atoms with E-state index in [0.29, 0.717) is 32.2 Å². The summed E-state index contributed by atoms with van der Waals surface area (Å²) < 4.78 is 12.1. The van der Waals surface area contributed by atoms with Crippen LogP contribution in [0.4, 0.5) is 16.3 Å². The van der Waals surface area contributed by atoms with Gasteiger partial charge in [0.15, 0.2) is 5.82 Å². The monoisotopic (exact) mass is 482 g/mol. The lowest BCUT2D eigenvalue weighted by atomic mass is 9.95. The number of ether oxygens (including phenoxy) is 2. The van der Waals surface area contributed by atoms with Gasteiger partial charge in [0.25, 0.3) is 0 Å². The van der Waals surface area contributed by atoms with E-state index in [2.05, 4.69) is 48.3 Å². The number of nitrogens with zero attached hydrogens (tertiary/aromatic N) is 4. The maximum atomic E-state index is 11.9. The average molecular weight is 483 g/mol. The molecule has 9 heteroatoms. The number of benzene rings is 1. The zero-order chi connectivity index (χ0) is 25.0. The molecular formula is C26H38N6O3. The van der Waals surface area contributed by atoms with E-state index in [0.717, 1.165) is 54.4 Å². The number of rotatable bonds is 8. The van der Waals surface area contributed by atoms with Crippen LogP contribution in [0.1, 0.15) is 45.4 Å². The van der Waals surface area contributed by atoms with Crippen molar-refractivity contribution in [3.8, 4) is 11.4 Å². The Morgan fingerprint density at radius 3 is 2.71 bits per heavy atom. The summed E-state index contributed by atoms with van der Waals surface area (Å²) in [6.07, 6.45) is 0.855. The standard InChI is InChI=1S/C26H38N6O3/c1-6-27-25(33)28-20-10-8-19(9-11-20)23-29-22-21(17-35-26(22,4)12-13-31(5)7-2)24(30-23)32-14-15-34-16-18(32)3/h8-11,18H,6-7,12-17H2,1-5H3,(H2,27,28,33)/t18-,26+/m0/s1. The molecule has 0 unspecified atom stereocenters. The van der Waals surface area contributed by atoms with Crippen LogP contribution in [0.25, 0.3) is 11.4 Å². The van der Waals surface area contributed by atoms with Gasteiger partial charge in [0.2, 0.25) is 0 Å². The van der Waals surface area contributed by atoms with Crippen LogP contribution in [0.3, 0.4) is 0 Å². The first kappa shape index (κ1) is 25.3. The summed E-state index contributed by atoms with van der Waals surface area (Å²) in [7, 11) is 2.13. The number of urea groups is 1. The number of hydrogen-bond donors (Lipinski definition) is 2. The Labute approximate surface area is 208 Å². The highest BCUT2D eigenvalue weighted by Crippen LogP contribution is 2.43. The summed E-state index contributed by atoms with van der Waals surface area (Å²) in [5, 5.41) is 5.58. The lowest BCUT2D eigenvalue weighted by molar-refractivity contribution is -0.0360. The molecule has 0 aliphatic carbocycles. The Morgan fingerprint density at radius 1 is 1.26 bits per heavy atom. The van der Waals surface area contributed by atoms with E-state index in [9.17, 15) is 4.79 Å². The van der Waals surface area contributed by atoms with E-state index in [1.54, 1.807) is 0 Å². The topological polar surface area (TPSA) is 91.9 Å². The zero-order valence-corrected chi connectivity index (χ0v) is 21.6. The Kier molecular flexibility index (Phi) is 7.88. The van der Waals surface area contributed by atoms with Crippen LogP contribution < -0.4 is 15.5 Å². The summed E-state index contributed by atoms with van der Waals surface area (Å²) in [6.45, 7) is 13.5. The fourth-order valence-corrected chi connectivity index (χ4v) is 4.54. The molecule has 0 spiro atoms. The maximum absolute atomic E-state index is 11.9. The SMILES string of the molecule is CCNC(=O)Nc1ccc(-c2nc(N3CCOC[C@@H]3C)c3c(n2)[C@@](C)(CCN(C)CC)OC3)cc1. The second-order valence-corrected chi connectivity index (χ2v) is 9.54. The van der Waals surface area contributed by atoms with Gasteiger partial charge in [-0.3, -0.25) is 0 Å². The summed E-state index contributed by atoms with van der Waals surface area (Å²) in [5.74, 6) is 1.61. The first-order chi connectivity index (χ1) is 16.8. The van der Waals surface area contributed by atoms with Crippen LogP contribution in [0.15, 0.2) is 24.3 Å². The third kappa shape index (κ3) is 5.58. The maximum Gasteiger partial charge on any atom is 0.319 e. The molecule has 35 heavy (non-hydrogen) atoms. The fourth-order valence-electron chi connectivity index (χ4n) is 4.54. The molecule has 190 valence electrons. The molecule has 2 aromatic rings. The molecule has 2 N–H and O–H groups in total. The van der Waals surface area contributed by atoms with Crippen LogP contribution in [0.5, 0.6) is 0 Å².